The molecule has 0 aromatic heterocycles. The predicted molar refractivity (Wildman–Crippen MR) is 69.7 cm³/mol. The first-order chi connectivity index (χ1) is 6.64. The Morgan fingerprint density at radius 1 is 1.36 bits per heavy atom. The van der Waals surface area contributed by atoms with Crippen molar-refractivity contribution in [2.45, 2.75) is 12.5 Å². The van der Waals surface area contributed by atoms with E-state index in [2.05, 4.69) is 57.6 Å². The zero-order valence-corrected chi connectivity index (χ0v) is 11.5. The summed E-state index contributed by atoms with van der Waals surface area (Å²) in [5, 5.41) is 0. The van der Waals surface area contributed by atoms with Crippen molar-refractivity contribution in [1.82, 2.24) is 0 Å². The summed E-state index contributed by atoms with van der Waals surface area (Å²) in [6.07, 6.45) is 0. The van der Waals surface area contributed by atoms with E-state index in [0.717, 1.165) is 4.48 Å². The molecule has 1 aromatic rings. The van der Waals surface area contributed by atoms with Gasteiger partial charge in [0.05, 0.1) is 6.61 Å². The number of ether oxygens (including phenoxy) is 1. The van der Waals surface area contributed by atoms with Gasteiger partial charge in [-0.3, -0.25) is 0 Å². The second-order valence-electron chi connectivity index (χ2n) is 3.41. The van der Waals surface area contributed by atoms with Gasteiger partial charge in [0.25, 0.3) is 0 Å². The topological polar surface area (TPSA) is 9.23 Å². The highest BCUT2D eigenvalue weighted by molar-refractivity contribution is 14.1. The van der Waals surface area contributed by atoms with Gasteiger partial charge in [-0.1, -0.05) is 46.3 Å². The summed E-state index contributed by atoms with van der Waals surface area (Å²) in [6.45, 7) is 2.78. The molecule has 0 radical (unpaired) electrons. The Labute approximate surface area is 106 Å². The van der Waals surface area contributed by atoms with Crippen molar-refractivity contribution in [1.29, 1.82) is 0 Å². The zero-order valence-electron chi connectivity index (χ0n) is 7.76. The molecule has 14 heavy (non-hydrogen) atoms. The average Bonchev–Trinajstić information content (AvgIpc) is 2.49. The van der Waals surface area contributed by atoms with Crippen molar-refractivity contribution in [2.75, 3.05) is 6.61 Å². The minimum absolute atomic E-state index is 0.263. The molecular weight excluding hydrogens is 355 g/mol. The molecular formula is C11H10BrIO. The Balaban J connectivity index is 2.45. The lowest BCUT2D eigenvalue weighted by molar-refractivity contribution is 0.0374. The van der Waals surface area contributed by atoms with E-state index in [0.29, 0.717) is 6.61 Å². The lowest BCUT2D eigenvalue weighted by Gasteiger charge is -2.24. The maximum absolute atomic E-state index is 5.82. The first-order valence-corrected chi connectivity index (χ1v) is 6.26. The van der Waals surface area contributed by atoms with Gasteiger partial charge in [-0.2, -0.15) is 0 Å². The summed E-state index contributed by atoms with van der Waals surface area (Å²) in [4.78, 5) is 0. The van der Waals surface area contributed by atoms with Crippen molar-refractivity contribution >= 4 is 38.5 Å². The maximum atomic E-state index is 5.82. The van der Waals surface area contributed by atoms with Crippen LogP contribution in [0, 0.1) is 0 Å². The molecule has 1 aliphatic rings. The molecule has 1 unspecified atom stereocenters. The van der Waals surface area contributed by atoms with E-state index < -0.39 is 0 Å². The number of rotatable bonds is 1. The zero-order chi connectivity index (χ0) is 10.2. The highest BCUT2D eigenvalue weighted by Gasteiger charge is 2.37. The van der Waals surface area contributed by atoms with Crippen molar-refractivity contribution in [3.63, 3.8) is 0 Å². The summed E-state index contributed by atoms with van der Waals surface area (Å²) in [5.41, 5.74) is 0.944. The van der Waals surface area contributed by atoms with Crippen LogP contribution >= 0.6 is 38.5 Å². The first-order valence-electron chi connectivity index (χ1n) is 4.39. The van der Waals surface area contributed by atoms with E-state index in [1.165, 1.54) is 9.14 Å². The molecule has 2 rings (SSSR count). The minimum Gasteiger partial charge on any atom is -0.360 e. The fourth-order valence-corrected chi connectivity index (χ4v) is 2.68. The molecule has 1 heterocycles. The van der Waals surface area contributed by atoms with Gasteiger partial charge in [-0.05, 0) is 35.1 Å². The third-order valence-electron chi connectivity index (χ3n) is 2.47. The molecule has 1 atom stereocenters. The Morgan fingerprint density at radius 3 is 2.50 bits per heavy atom. The van der Waals surface area contributed by atoms with Crippen LogP contribution < -0.4 is 0 Å². The Bertz CT molecular complexity index is 374. The summed E-state index contributed by atoms with van der Waals surface area (Å²) in [7, 11) is 0. The van der Waals surface area contributed by atoms with E-state index in [1.54, 1.807) is 0 Å². The van der Waals surface area contributed by atoms with Crippen molar-refractivity contribution in [3.8, 4) is 0 Å². The molecule has 0 saturated carbocycles. The average molecular weight is 365 g/mol. The molecule has 0 fully saturated rings. The molecule has 1 nitrogen and oxygen atoms in total. The van der Waals surface area contributed by atoms with E-state index >= 15 is 0 Å². The normalized spacial score (nSPS) is 27.1. The summed E-state index contributed by atoms with van der Waals surface area (Å²) < 4.78 is 8.22. The van der Waals surface area contributed by atoms with Gasteiger partial charge in [-0.25, -0.2) is 0 Å². The third kappa shape index (κ3) is 1.66. The number of hydrogen-bond donors (Lipinski definition) is 0. The molecule has 0 aliphatic carbocycles. The van der Waals surface area contributed by atoms with Crippen LogP contribution in [0.15, 0.2) is 38.4 Å². The van der Waals surface area contributed by atoms with Gasteiger partial charge in [0.1, 0.15) is 5.60 Å². The molecule has 1 aliphatic heterocycles. The van der Waals surface area contributed by atoms with Gasteiger partial charge in [0.2, 0.25) is 0 Å². The molecule has 0 spiro atoms. The predicted octanol–water partition coefficient (Wildman–Crippen LogP) is 3.97. The second kappa shape index (κ2) is 3.94. The molecule has 3 heteroatoms. The Kier molecular flexibility index (Phi) is 3.00. The number of hydrogen-bond acceptors (Lipinski definition) is 1. The van der Waals surface area contributed by atoms with Crippen LogP contribution in [0.2, 0.25) is 0 Å². The SMILES string of the molecule is CC1(c2ccccc2)OCC(Br)=C1I. The van der Waals surface area contributed by atoms with E-state index in [9.17, 15) is 0 Å². The van der Waals surface area contributed by atoms with Crippen molar-refractivity contribution in [2.24, 2.45) is 0 Å². The van der Waals surface area contributed by atoms with Gasteiger partial charge in [-0.15, -0.1) is 0 Å². The fourth-order valence-electron chi connectivity index (χ4n) is 1.56. The summed E-state index contributed by atoms with van der Waals surface area (Å²) >= 11 is 5.87. The first kappa shape index (κ1) is 10.6. The van der Waals surface area contributed by atoms with Gasteiger partial charge >= 0.3 is 0 Å². The molecule has 0 N–H and O–H groups in total. The van der Waals surface area contributed by atoms with Crippen LogP contribution in [-0.2, 0) is 10.3 Å². The molecule has 0 amide bonds. The number of benzene rings is 1. The summed E-state index contributed by atoms with van der Waals surface area (Å²) in [6, 6.07) is 10.3. The highest BCUT2D eigenvalue weighted by atomic mass is 127. The van der Waals surface area contributed by atoms with Crippen LogP contribution in [0.4, 0.5) is 0 Å². The third-order valence-corrected chi connectivity index (χ3v) is 5.52. The smallest absolute Gasteiger partial charge is 0.122 e. The fraction of sp³-hybridized carbons (Fsp3) is 0.273. The van der Waals surface area contributed by atoms with Crippen molar-refractivity contribution in [3.05, 3.63) is 44.0 Å². The van der Waals surface area contributed by atoms with Crippen LogP contribution in [0.5, 0.6) is 0 Å². The molecule has 0 bridgehead atoms. The lowest BCUT2D eigenvalue weighted by Crippen LogP contribution is -2.21. The largest absolute Gasteiger partial charge is 0.360 e. The number of halogens is 2. The van der Waals surface area contributed by atoms with Gasteiger partial charge in [0, 0.05) is 8.06 Å². The quantitative estimate of drug-likeness (QED) is 0.685. The molecule has 74 valence electrons. The molecule has 1 aromatic carbocycles. The minimum atomic E-state index is -0.263. The van der Waals surface area contributed by atoms with Gasteiger partial charge in [0.15, 0.2) is 0 Å². The maximum Gasteiger partial charge on any atom is 0.122 e. The van der Waals surface area contributed by atoms with E-state index in [1.807, 2.05) is 18.2 Å². The lowest BCUT2D eigenvalue weighted by atomic mass is 9.96. The second-order valence-corrected chi connectivity index (χ2v) is 5.44. The van der Waals surface area contributed by atoms with E-state index in [4.69, 9.17) is 4.74 Å². The van der Waals surface area contributed by atoms with Crippen LogP contribution in [0.1, 0.15) is 12.5 Å². The Morgan fingerprint density at radius 2 is 2.00 bits per heavy atom. The van der Waals surface area contributed by atoms with Gasteiger partial charge < -0.3 is 4.74 Å². The summed E-state index contributed by atoms with van der Waals surface area (Å²) in [5.74, 6) is 0. The molecule has 0 saturated heterocycles. The standard InChI is InChI=1S/C11H10BrIO/c1-11(8-5-3-2-4-6-8)10(13)9(12)7-14-11/h2-6H,7H2,1H3. The van der Waals surface area contributed by atoms with E-state index in [-0.39, 0.29) is 5.60 Å². The van der Waals surface area contributed by atoms with Crippen LogP contribution in [-0.4, -0.2) is 6.61 Å². The monoisotopic (exact) mass is 364 g/mol. The Hall–Kier alpha value is 0.130. The van der Waals surface area contributed by atoms with Crippen molar-refractivity contribution < 1.29 is 4.74 Å². The highest BCUT2D eigenvalue weighted by Crippen LogP contribution is 2.45. The van der Waals surface area contributed by atoms with Crippen LogP contribution in [0.3, 0.4) is 0 Å². The van der Waals surface area contributed by atoms with Crippen LogP contribution in [0.25, 0.3) is 0 Å².